The number of aromatic amines is 2. The third kappa shape index (κ3) is 3.67. The molecule has 0 saturated heterocycles. The van der Waals surface area contributed by atoms with Crippen molar-refractivity contribution in [3.8, 4) is 33.2 Å². The lowest BCUT2D eigenvalue weighted by atomic mass is 10.1. The van der Waals surface area contributed by atoms with Gasteiger partial charge in [0.25, 0.3) is 0 Å². The van der Waals surface area contributed by atoms with Gasteiger partial charge in [-0.15, -0.1) is 11.3 Å². The number of aryl methyl sites for hydroxylation is 1. The van der Waals surface area contributed by atoms with Crippen LogP contribution in [0.25, 0.3) is 55.2 Å². The van der Waals surface area contributed by atoms with Gasteiger partial charge < -0.3 is 9.88 Å². The van der Waals surface area contributed by atoms with E-state index in [-0.39, 0.29) is 0 Å². The van der Waals surface area contributed by atoms with E-state index in [1.165, 1.54) is 4.88 Å². The molecular weight excluding hydrogens is 442 g/mol. The van der Waals surface area contributed by atoms with E-state index in [1.807, 2.05) is 36.8 Å². The number of rotatable bonds is 5. The van der Waals surface area contributed by atoms with E-state index >= 15 is 0 Å². The van der Waals surface area contributed by atoms with E-state index in [1.54, 1.807) is 11.3 Å². The van der Waals surface area contributed by atoms with Crippen LogP contribution < -0.4 is 0 Å². The van der Waals surface area contributed by atoms with Crippen molar-refractivity contribution >= 4 is 33.3 Å². The highest BCUT2D eigenvalue weighted by Gasteiger charge is 2.16. The maximum atomic E-state index is 4.98. The zero-order chi connectivity index (χ0) is 23.2. The normalized spacial score (nSPS) is 11.8. The fourth-order valence-electron chi connectivity index (χ4n) is 4.27. The molecule has 8 heteroatoms. The van der Waals surface area contributed by atoms with Crippen molar-refractivity contribution in [2.45, 2.75) is 13.5 Å². The fourth-order valence-corrected chi connectivity index (χ4v) is 5.14. The van der Waals surface area contributed by atoms with Crippen LogP contribution in [-0.4, -0.2) is 49.1 Å². The second-order valence-electron chi connectivity index (χ2n) is 8.70. The Morgan fingerprint density at radius 1 is 0.971 bits per heavy atom. The SMILES string of the molecule is Cc1ccc(-c2nccc3[nH]c(-c4n[nH]c5ccc(-c6cncc(CN(C)C)c6)nc45)cc23)s1. The molecule has 0 aliphatic heterocycles. The monoisotopic (exact) mass is 465 g/mol. The van der Waals surface area contributed by atoms with Gasteiger partial charge in [-0.05, 0) is 69.0 Å². The molecule has 6 aromatic heterocycles. The predicted molar refractivity (Wildman–Crippen MR) is 138 cm³/mol. The quantitative estimate of drug-likeness (QED) is 0.343. The summed E-state index contributed by atoms with van der Waals surface area (Å²) in [5, 5.41) is 8.80. The van der Waals surface area contributed by atoms with Gasteiger partial charge in [-0.3, -0.25) is 15.1 Å². The number of hydrogen-bond acceptors (Lipinski definition) is 6. The van der Waals surface area contributed by atoms with E-state index in [4.69, 9.17) is 4.98 Å². The molecule has 6 aromatic rings. The lowest BCUT2D eigenvalue weighted by Gasteiger charge is -2.10. The first-order chi connectivity index (χ1) is 16.5. The van der Waals surface area contributed by atoms with E-state index in [0.717, 1.165) is 67.3 Å². The van der Waals surface area contributed by atoms with Crippen molar-refractivity contribution in [1.29, 1.82) is 0 Å². The highest BCUT2D eigenvalue weighted by atomic mass is 32.1. The molecule has 0 saturated carbocycles. The molecule has 0 bridgehead atoms. The average molecular weight is 466 g/mol. The van der Waals surface area contributed by atoms with Crippen LogP contribution in [0, 0.1) is 6.92 Å². The first-order valence-corrected chi connectivity index (χ1v) is 11.9. The minimum Gasteiger partial charge on any atom is -0.353 e. The van der Waals surface area contributed by atoms with E-state index in [0.29, 0.717) is 0 Å². The third-order valence-corrected chi connectivity index (χ3v) is 6.78. The van der Waals surface area contributed by atoms with Crippen molar-refractivity contribution in [3.05, 3.63) is 71.5 Å². The number of hydrogen-bond donors (Lipinski definition) is 2. The molecule has 0 unspecified atom stereocenters. The molecule has 0 aromatic carbocycles. The van der Waals surface area contributed by atoms with Crippen LogP contribution >= 0.6 is 11.3 Å². The van der Waals surface area contributed by atoms with Gasteiger partial charge in [0.05, 0.1) is 27.5 Å². The van der Waals surface area contributed by atoms with Crippen molar-refractivity contribution in [1.82, 2.24) is 35.0 Å². The summed E-state index contributed by atoms with van der Waals surface area (Å²) in [4.78, 5) is 22.1. The summed E-state index contributed by atoms with van der Waals surface area (Å²) >= 11 is 1.75. The van der Waals surface area contributed by atoms with Crippen LogP contribution in [0.2, 0.25) is 0 Å². The molecule has 0 aliphatic rings. The zero-order valence-corrected chi connectivity index (χ0v) is 19.9. The largest absolute Gasteiger partial charge is 0.353 e. The minimum atomic E-state index is 0.791. The lowest BCUT2D eigenvalue weighted by molar-refractivity contribution is 0.402. The molecule has 0 spiro atoms. The van der Waals surface area contributed by atoms with Crippen LogP contribution in [0.1, 0.15) is 10.4 Å². The standard InChI is InChI=1S/C26H23N7S/c1-15-4-7-23(34-15)24-18-11-22(29-20(18)8-9-28-24)26-25-21(31-32-26)6-5-19(30-25)17-10-16(12-27-13-17)14-33(2)3/h4-13,29H,14H2,1-3H3,(H,31,32). The maximum absolute atomic E-state index is 4.98. The Morgan fingerprint density at radius 3 is 2.71 bits per heavy atom. The number of aromatic nitrogens is 6. The number of nitrogens with one attached hydrogen (secondary N) is 2. The zero-order valence-electron chi connectivity index (χ0n) is 19.1. The molecule has 6 rings (SSSR count). The molecule has 7 nitrogen and oxygen atoms in total. The molecule has 2 N–H and O–H groups in total. The maximum Gasteiger partial charge on any atom is 0.135 e. The topological polar surface area (TPSA) is 86.4 Å². The predicted octanol–water partition coefficient (Wildman–Crippen LogP) is 5.66. The minimum absolute atomic E-state index is 0.791. The number of pyridine rings is 3. The summed E-state index contributed by atoms with van der Waals surface area (Å²) in [6.45, 7) is 2.94. The Balaban J connectivity index is 1.45. The summed E-state index contributed by atoms with van der Waals surface area (Å²) in [6.07, 6.45) is 5.60. The molecule has 6 heterocycles. The van der Waals surface area contributed by atoms with Crippen molar-refractivity contribution in [3.63, 3.8) is 0 Å². The van der Waals surface area contributed by atoms with Crippen LogP contribution in [-0.2, 0) is 6.54 Å². The van der Waals surface area contributed by atoms with E-state index in [2.05, 4.69) is 75.3 Å². The second-order valence-corrected chi connectivity index (χ2v) is 9.99. The van der Waals surface area contributed by atoms with Crippen LogP contribution in [0.5, 0.6) is 0 Å². The van der Waals surface area contributed by atoms with Crippen molar-refractivity contribution in [2.75, 3.05) is 14.1 Å². The second kappa shape index (κ2) is 8.16. The Morgan fingerprint density at radius 2 is 1.88 bits per heavy atom. The molecule has 168 valence electrons. The van der Waals surface area contributed by atoms with Gasteiger partial charge in [-0.2, -0.15) is 5.10 Å². The molecular formula is C26H23N7S. The Labute approximate surface area is 200 Å². The lowest BCUT2D eigenvalue weighted by Crippen LogP contribution is -2.10. The Hall–Kier alpha value is -3.88. The van der Waals surface area contributed by atoms with Gasteiger partial charge in [0.1, 0.15) is 11.2 Å². The number of fused-ring (bicyclic) bond motifs is 2. The summed E-state index contributed by atoms with van der Waals surface area (Å²) in [6, 6.07) is 14.6. The molecule has 0 fully saturated rings. The third-order valence-electron chi connectivity index (χ3n) is 5.77. The van der Waals surface area contributed by atoms with Gasteiger partial charge in [0, 0.05) is 46.5 Å². The smallest absolute Gasteiger partial charge is 0.135 e. The fraction of sp³-hybridized carbons (Fsp3) is 0.154. The molecule has 34 heavy (non-hydrogen) atoms. The summed E-state index contributed by atoms with van der Waals surface area (Å²) < 4.78 is 0. The summed E-state index contributed by atoms with van der Waals surface area (Å²) in [5.74, 6) is 0. The highest BCUT2D eigenvalue weighted by molar-refractivity contribution is 7.15. The molecule has 0 radical (unpaired) electrons. The highest BCUT2D eigenvalue weighted by Crippen LogP contribution is 2.35. The van der Waals surface area contributed by atoms with E-state index in [9.17, 15) is 0 Å². The van der Waals surface area contributed by atoms with Gasteiger partial charge in [0.15, 0.2) is 0 Å². The average Bonchev–Trinajstić information content (AvgIpc) is 3.55. The molecule has 0 amide bonds. The van der Waals surface area contributed by atoms with Gasteiger partial charge in [0.2, 0.25) is 0 Å². The van der Waals surface area contributed by atoms with Crippen LogP contribution in [0.4, 0.5) is 0 Å². The number of H-pyrrole nitrogens is 2. The molecule has 0 atom stereocenters. The van der Waals surface area contributed by atoms with Crippen LogP contribution in [0.3, 0.4) is 0 Å². The van der Waals surface area contributed by atoms with Gasteiger partial charge in [-0.1, -0.05) is 0 Å². The van der Waals surface area contributed by atoms with Crippen molar-refractivity contribution < 1.29 is 0 Å². The Bertz CT molecular complexity index is 1640. The van der Waals surface area contributed by atoms with Crippen molar-refractivity contribution in [2.24, 2.45) is 0 Å². The first-order valence-electron chi connectivity index (χ1n) is 11.0. The van der Waals surface area contributed by atoms with Gasteiger partial charge in [-0.25, -0.2) is 4.98 Å². The van der Waals surface area contributed by atoms with Gasteiger partial charge >= 0.3 is 0 Å². The first kappa shape index (κ1) is 20.7. The molecule has 0 aliphatic carbocycles. The van der Waals surface area contributed by atoms with Crippen LogP contribution in [0.15, 0.2) is 61.1 Å². The van der Waals surface area contributed by atoms with E-state index < -0.39 is 0 Å². The summed E-state index contributed by atoms with van der Waals surface area (Å²) in [7, 11) is 4.10. The Kier molecular flexibility index (Phi) is 4.97. The number of nitrogens with zero attached hydrogens (tertiary/aromatic N) is 5. The number of thiophene rings is 1. The summed E-state index contributed by atoms with van der Waals surface area (Å²) in [5.41, 5.74) is 8.43.